The summed E-state index contributed by atoms with van der Waals surface area (Å²) in [6.07, 6.45) is 6.02. The largest absolute Gasteiger partial charge is 0.495 e. The molecule has 5 heteroatoms. The molecule has 0 aromatic heterocycles. The number of anilines is 1. The number of aliphatic imine (C=N–C) groups is 1. The normalized spacial score (nSPS) is 17.5. The maximum absolute atomic E-state index is 6.05. The van der Waals surface area contributed by atoms with E-state index < -0.39 is 0 Å². The van der Waals surface area contributed by atoms with Crippen LogP contribution in [-0.4, -0.2) is 33.3 Å². The molecule has 0 saturated heterocycles. The third kappa shape index (κ3) is 4.37. The van der Waals surface area contributed by atoms with Crippen molar-refractivity contribution in [3.8, 4) is 5.75 Å². The van der Waals surface area contributed by atoms with Crippen molar-refractivity contribution in [3.05, 3.63) is 24.3 Å². The third-order valence-electron chi connectivity index (χ3n) is 4.46. The van der Waals surface area contributed by atoms with Gasteiger partial charge in [-0.2, -0.15) is 0 Å². The summed E-state index contributed by atoms with van der Waals surface area (Å²) in [6, 6.07) is 7.69. The number of rotatable bonds is 7. The van der Waals surface area contributed by atoms with Gasteiger partial charge >= 0.3 is 0 Å². The zero-order chi connectivity index (χ0) is 15.8. The highest BCUT2D eigenvalue weighted by atomic mass is 16.5. The zero-order valence-electron chi connectivity index (χ0n) is 13.6. The van der Waals surface area contributed by atoms with Crippen molar-refractivity contribution in [3.63, 3.8) is 0 Å². The third-order valence-corrected chi connectivity index (χ3v) is 4.46. The van der Waals surface area contributed by atoms with Gasteiger partial charge in [0.15, 0.2) is 5.96 Å². The van der Waals surface area contributed by atoms with E-state index in [9.17, 15) is 0 Å². The molecule has 22 heavy (non-hydrogen) atoms. The van der Waals surface area contributed by atoms with Gasteiger partial charge in [-0.25, -0.2) is 0 Å². The molecule has 0 radical (unpaired) electrons. The Labute approximate surface area is 132 Å². The number of nitrogens with two attached hydrogens (primary N) is 1. The monoisotopic (exact) mass is 305 g/mol. The molecule has 2 rings (SSSR count). The Balaban J connectivity index is 1.99. The maximum atomic E-state index is 6.05. The average molecular weight is 305 g/mol. The van der Waals surface area contributed by atoms with Gasteiger partial charge in [0, 0.05) is 20.3 Å². The van der Waals surface area contributed by atoms with E-state index in [4.69, 9.17) is 15.2 Å². The summed E-state index contributed by atoms with van der Waals surface area (Å²) in [4.78, 5) is 4.57. The summed E-state index contributed by atoms with van der Waals surface area (Å²) in [5, 5.41) is 3.13. The molecule has 1 saturated carbocycles. The summed E-state index contributed by atoms with van der Waals surface area (Å²) in [7, 11) is 3.40. The van der Waals surface area contributed by atoms with Gasteiger partial charge in [-0.1, -0.05) is 25.0 Å². The van der Waals surface area contributed by atoms with E-state index in [1.54, 1.807) is 14.2 Å². The second-order valence-electron chi connectivity index (χ2n) is 5.98. The van der Waals surface area contributed by atoms with Crippen molar-refractivity contribution in [2.24, 2.45) is 16.1 Å². The molecule has 1 aliphatic carbocycles. The van der Waals surface area contributed by atoms with E-state index >= 15 is 0 Å². The van der Waals surface area contributed by atoms with Crippen molar-refractivity contribution in [2.45, 2.75) is 32.1 Å². The smallest absolute Gasteiger partial charge is 0.193 e. The van der Waals surface area contributed by atoms with E-state index in [1.165, 1.54) is 25.7 Å². The van der Waals surface area contributed by atoms with Crippen molar-refractivity contribution < 1.29 is 9.47 Å². The Bertz CT molecular complexity index is 496. The van der Waals surface area contributed by atoms with Crippen LogP contribution in [0, 0.1) is 5.41 Å². The SMILES string of the molecule is COCCC1(CN=C(N)Nc2ccccc2OC)CCCC1. The number of ether oxygens (including phenoxy) is 2. The predicted octanol–water partition coefficient (Wildman–Crippen LogP) is 3.02. The predicted molar refractivity (Wildman–Crippen MR) is 90.5 cm³/mol. The Kier molecular flexibility index (Phi) is 6.07. The van der Waals surface area contributed by atoms with Crippen molar-refractivity contribution >= 4 is 11.6 Å². The van der Waals surface area contributed by atoms with Gasteiger partial charge < -0.3 is 20.5 Å². The molecule has 0 aliphatic heterocycles. The molecule has 0 atom stereocenters. The minimum Gasteiger partial charge on any atom is -0.495 e. The first-order valence-corrected chi connectivity index (χ1v) is 7.88. The van der Waals surface area contributed by atoms with E-state index in [0.29, 0.717) is 5.96 Å². The summed E-state index contributed by atoms with van der Waals surface area (Å²) < 4.78 is 10.6. The Morgan fingerprint density at radius 3 is 2.68 bits per heavy atom. The van der Waals surface area contributed by atoms with Crippen LogP contribution in [0.2, 0.25) is 0 Å². The van der Waals surface area contributed by atoms with Crippen LogP contribution in [0.15, 0.2) is 29.3 Å². The summed E-state index contributed by atoms with van der Waals surface area (Å²) in [6.45, 7) is 1.54. The molecular weight excluding hydrogens is 278 g/mol. The number of para-hydroxylation sites is 2. The van der Waals surface area contributed by atoms with Crippen LogP contribution < -0.4 is 15.8 Å². The Morgan fingerprint density at radius 2 is 2.00 bits per heavy atom. The molecule has 1 aliphatic rings. The van der Waals surface area contributed by atoms with Crippen molar-refractivity contribution in [1.82, 2.24) is 0 Å². The number of hydrogen-bond donors (Lipinski definition) is 2. The highest BCUT2D eigenvalue weighted by molar-refractivity contribution is 5.93. The highest BCUT2D eigenvalue weighted by Gasteiger charge is 2.33. The Hall–Kier alpha value is -1.75. The highest BCUT2D eigenvalue weighted by Crippen LogP contribution is 2.41. The lowest BCUT2D eigenvalue weighted by Crippen LogP contribution is -2.28. The van der Waals surface area contributed by atoms with Gasteiger partial charge in [-0.3, -0.25) is 4.99 Å². The molecule has 5 nitrogen and oxygen atoms in total. The van der Waals surface area contributed by atoms with Gasteiger partial charge in [-0.15, -0.1) is 0 Å². The standard InChI is InChI=1S/C17H27N3O2/c1-21-12-11-17(9-5-6-10-17)13-19-16(18)20-14-7-3-4-8-15(14)22-2/h3-4,7-8H,5-6,9-13H2,1-2H3,(H3,18,19,20). The van der Waals surface area contributed by atoms with Gasteiger partial charge in [0.1, 0.15) is 5.75 Å². The number of nitrogens with zero attached hydrogens (tertiary/aromatic N) is 1. The van der Waals surface area contributed by atoms with Gasteiger partial charge in [0.25, 0.3) is 0 Å². The fraction of sp³-hybridized carbons (Fsp3) is 0.588. The summed E-state index contributed by atoms with van der Waals surface area (Å²) in [5.41, 5.74) is 7.14. The molecule has 0 spiro atoms. The lowest BCUT2D eigenvalue weighted by atomic mass is 9.83. The van der Waals surface area contributed by atoms with Crippen LogP contribution in [0.1, 0.15) is 32.1 Å². The molecule has 0 bridgehead atoms. The molecule has 1 aromatic carbocycles. The molecule has 122 valence electrons. The number of nitrogens with one attached hydrogen (secondary N) is 1. The minimum absolute atomic E-state index is 0.253. The van der Waals surface area contributed by atoms with E-state index in [1.807, 2.05) is 24.3 Å². The van der Waals surface area contributed by atoms with Crippen LogP contribution in [0.3, 0.4) is 0 Å². The first-order valence-electron chi connectivity index (χ1n) is 7.88. The van der Waals surface area contributed by atoms with Crippen LogP contribution in [0.4, 0.5) is 5.69 Å². The first-order chi connectivity index (χ1) is 10.7. The number of guanidine groups is 1. The molecule has 0 amide bonds. The van der Waals surface area contributed by atoms with E-state index in [2.05, 4.69) is 10.3 Å². The Morgan fingerprint density at radius 1 is 1.27 bits per heavy atom. The van der Waals surface area contributed by atoms with Crippen LogP contribution >= 0.6 is 0 Å². The van der Waals surface area contributed by atoms with Crippen LogP contribution in [0.5, 0.6) is 5.75 Å². The topological polar surface area (TPSA) is 68.9 Å². The summed E-state index contributed by atoms with van der Waals surface area (Å²) >= 11 is 0. The van der Waals surface area contributed by atoms with Gasteiger partial charge in [-0.05, 0) is 36.8 Å². The average Bonchev–Trinajstić information content (AvgIpc) is 3.01. The fourth-order valence-electron chi connectivity index (χ4n) is 3.11. The van der Waals surface area contributed by atoms with Crippen molar-refractivity contribution in [1.29, 1.82) is 0 Å². The van der Waals surface area contributed by atoms with E-state index in [0.717, 1.165) is 31.0 Å². The molecule has 0 unspecified atom stereocenters. The quantitative estimate of drug-likeness (QED) is 0.600. The number of methoxy groups -OCH3 is 2. The summed E-state index contributed by atoms with van der Waals surface area (Å²) in [5.74, 6) is 1.20. The zero-order valence-corrected chi connectivity index (χ0v) is 13.6. The van der Waals surface area contributed by atoms with Crippen molar-refractivity contribution in [2.75, 3.05) is 32.7 Å². The van der Waals surface area contributed by atoms with Gasteiger partial charge in [0.05, 0.1) is 12.8 Å². The molecular formula is C17H27N3O2. The second-order valence-corrected chi connectivity index (χ2v) is 5.98. The first kappa shape index (κ1) is 16.6. The molecule has 1 fully saturated rings. The molecule has 3 N–H and O–H groups in total. The van der Waals surface area contributed by atoms with E-state index in [-0.39, 0.29) is 5.41 Å². The van der Waals surface area contributed by atoms with Gasteiger partial charge in [0.2, 0.25) is 0 Å². The molecule has 0 heterocycles. The fourth-order valence-corrected chi connectivity index (χ4v) is 3.11. The second kappa shape index (κ2) is 8.03. The minimum atomic E-state index is 0.253. The lowest BCUT2D eigenvalue weighted by molar-refractivity contribution is 0.141. The number of hydrogen-bond acceptors (Lipinski definition) is 3. The lowest BCUT2D eigenvalue weighted by Gasteiger charge is -2.26. The van der Waals surface area contributed by atoms with Crippen LogP contribution in [-0.2, 0) is 4.74 Å². The maximum Gasteiger partial charge on any atom is 0.193 e. The van der Waals surface area contributed by atoms with Crippen LogP contribution in [0.25, 0.3) is 0 Å². The molecule has 1 aromatic rings. The number of benzene rings is 1.